The molecule has 1 aromatic carbocycles. The van der Waals surface area contributed by atoms with Gasteiger partial charge in [0.2, 0.25) is 0 Å². The zero-order chi connectivity index (χ0) is 25.9. The van der Waals surface area contributed by atoms with Gasteiger partial charge < -0.3 is 24.7 Å². The summed E-state index contributed by atoms with van der Waals surface area (Å²) in [6.45, 7) is 4.30. The van der Waals surface area contributed by atoms with Crippen molar-refractivity contribution >= 4 is 22.8 Å². The predicted octanol–water partition coefficient (Wildman–Crippen LogP) is 3.40. The van der Waals surface area contributed by atoms with Crippen LogP contribution in [0.15, 0.2) is 41.3 Å². The number of pyridine rings is 1. The molecule has 198 valence electrons. The minimum Gasteiger partial charge on any atom is -0.465 e. The summed E-state index contributed by atoms with van der Waals surface area (Å²) >= 11 is 0. The molecule has 1 atom stereocenters. The summed E-state index contributed by atoms with van der Waals surface area (Å²) in [6, 6.07) is 9.49. The summed E-state index contributed by atoms with van der Waals surface area (Å²) in [4.78, 5) is 30.8. The van der Waals surface area contributed by atoms with Crippen LogP contribution in [-0.4, -0.2) is 55.7 Å². The molecule has 0 spiro atoms. The van der Waals surface area contributed by atoms with E-state index in [1.165, 1.54) is 4.90 Å². The van der Waals surface area contributed by atoms with Crippen molar-refractivity contribution in [2.24, 2.45) is 5.92 Å². The molecule has 3 aromatic rings. The number of hydrogen-bond acceptors (Lipinski definition) is 5. The van der Waals surface area contributed by atoms with Crippen molar-refractivity contribution in [2.75, 3.05) is 18.1 Å². The molecule has 1 amide bonds. The van der Waals surface area contributed by atoms with Crippen LogP contribution in [0, 0.1) is 5.92 Å². The average Bonchev–Trinajstić information content (AvgIpc) is 3.25. The molecule has 0 unspecified atom stereocenters. The number of nitrogens with one attached hydrogen (secondary N) is 1. The zero-order valence-electron chi connectivity index (χ0n) is 21.5. The van der Waals surface area contributed by atoms with Gasteiger partial charge in [0, 0.05) is 62.6 Å². The second kappa shape index (κ2) is 11.1. The third-order valence-electron chi connectivity index (χ3n) is 8.15. The van der Waals surface area contributed by atoms with E-state index < -0.39 is 6.09 Å². The number of aryl methyl sites for hydroxylation is 3. The average molecular weight is 508 g/mol. The number of imidazole rings is 1. The van der Waals surface area contributed by atoms with Gasteiger partial charge in [-0.15, -0.1) is 0 Å². The first-order valence-corrected chi connectivity index (χ1v) is 13.5. The molecule has 1 fully saturated rings. The summed E-state index contributed by atoms with van der Waals surface area (Å²) < 4.78 is 3.93. The van der Waals surface area contributed by atoms with Gasteiger partial charge in [-0.3, -0.25) is 9.69 Å². The van der Waals surface area contributed by atoms with Crippen LogP contribution in [0.3, 0.4) is 0 Å². The fourth-order valence-corrected chi connectivity index (χ4v) is 6.00. The van der Waals surface area contributed by atoms with Gasteiger partial charge in [0.25, 0.3) is 5.56 Å². The van der Waals surface area contributed by atoms with E-state index in [0.29, 0.717) is 24.9 Å². The van der Waals surface area contributed by atoms with Crippen molar-refractivity contribution in [3.8, 4) is 0 Å². The SMILES string of the molecule is C[C@H]1CCc2c(ccc3c2nc(CCn2ccccc2=O)n3CCNC2CCC(CO)CC2)N1C(=O)O. The Bertz CT molecular complexity index is 1310. The Hall–Kier alpha value is -3.17. The van der Waals surface area contributed by atoms with Gasteiger partial charge in [0.05, 0.1) is 16.7 Å². The van der Waals surface area contributed by atoms with E-state index in [-0.39, 0.29) is 18.2 Å². The smallest absolute Gasteiger partial charge is 0.412 e. The maximum absolute atomic E-state index is 12.3. The van der Waals surface area contributed by atoms with Crippen molar-refractivity contribution in [3.05, 3.63) is 58.3 Å². The molecule has 37 heavy (non-hydrogen) atoms. The van der Waals surface area contributed by atoms with Crippen molar-refractivity contribution < 1.29 is 15.0 Å². The molecule has 0 radical (unpaired) electrons. The number of amides is 1. The molecular weight excluding hydrogens is 470 g/mol. The van der Waals surface area contributed by atoms with E-state index >= 15 is 0 Å². The van der Waals surface area contributed by atoms with Crippen LogP contribution in [-0.2, 0) is 25.9 Å². The first kappa shape index (κ1) is 25.5. The van der Waals surface area contributed by atoms with E-state index in [1.807, 2.05) is 25.1 Å². The first-order chi connectivity index (χ1) is 18.0. The fraction of sp³-hybridized carbons (Fsp3) is 0.536. The maximum atomic E-state index is 12.3. The lowest BCUT2D eigenvalue weighted by Gasteiger charge is -2.33. The van der Waals surface area contributed by atoms with Gasteiger partial charge in [-0.25, -0.2) is 9.78 Å². The normalized spacial score (nSPS) is 21.8. The molecule has 9 nitrogen and oxygen atoms in total. The summed E-state index contributed by atoms with van der Waals surface area (Å²) in [7, 11) is 0. The number of nitrogens with zero attached hydrogens (tertiary/aromatic N) is 4. The monoisotopic (exact) mass is 507 g/mol. The first-order valence-electron chi connectivity index (χ1n) is 13.5. The highest BCUT2D eigenvalue weighted by atomic mass is 16.4. The third-order valence-corrected chi connectivity index (χ3v) is 8.15. The Morgan fingerprint density at radius 2 is 1.92 bits per heavy atom. The minimum atomic E-state index is -0.934. The van der Waals surface area contributed by atoms with Crippen LogP contribution < -0.4 is 15.8 Å². The quantitative estimate of drug-likeness (QED) is 0.431. The lowest BCUT2D eigenvalue weighted by Crippen LogP contribution is -2.41. The topological polar surface area (TPSA) is 113 Å². The molecule has 1 saturated carbocycles. The number of anilines is 1. The van der Waals surface area contributed by atoms with Gasteiger partial charge in [-0.05, 0) is 69.6 Å². The number of aliphatic hydroxyl groups is 1. The molecular formula is C28H37N5O4. The molecule has 3 heterocycles. The number of hydrogen-bond donors (Lipinski definition) is 3. The molecule has 0 saturated heterocycles. The highest BCUT2D eigenvalue weighted by Gasteiger charge is 2.30. The van der Waals surface area contributed by atoms with Crippen LogP contribution in [0.25, 0.3) is 11.0 Å². The van der Waals surface area contributed by atoms with Crippen LogP contribution in [0.2, 0.25) is 0 Å². The number of aromatic nitrogens is 3. The van der Waals surface area contributed by atoms with E-state index in [4.69, 9.17) is 4.98 Å². The van der Waals surface area contributed by atoms with Crippen molar-refractivity contribution in [2.45, 2.75) is 77.0 Å². The zero-order valence-corrected chi connectivity index (χ0v) is 21.5. The van der Waals surface area contributed by atoms with E-state index in [9.17, 15) is 19.8 Å². The Labute approximate surface area is 216 Å². The Morgan fingerprint density at radius 1 is 1.11 bits per heavy atom. The molecule has 0 bridgehead atoms. The van der Waals surface area contributed by atoms with Crippen LogP contribution >= 0.6 is 0 Å². The molecule has 9 heteroatoms. The number of carbonyl (C=O) groups is 1. The molecule has 5 rings (SSSR count). The van der Waals surface area contributed by atoms with E-state index in [2.05, 4.69) is 9.88 Å². The van der Waals surface area contributed by atoms with E-state index in [1.54, 1.807) is 22.9 Å². The van der Waals surface area contributed by atoms with Gasteiger partial charge in [0.1, 0.15) is 5.82 Å². The standard InChI is InChI=1S/C28H37N5O4/c1-19-5-10-22-23(33(19)28(36)37)11-12-24-27(22)30-25(13-16-31-15-3-2-4-26(31)35)32(24)17-14-29-21-8-6-20(18-34)7-9-21/h2-4,11-12,15,19-21,29,34H,5-10,13-14,16-18H2,1H3,(H,36,37)/t19-,20?,21?/m0/s1. The Kier molecular flexibility index (Phi) is 7.62. The maximum Gasteiger partial charge on any atom is 0.412 e. The van der Waals surface area contributed by atoms with Crippen molar-refractivity contribution in [1.82, 2.24) is 19.4 Å². The number of fused-ring (bicyclic) bond motifs is 3. The number of benzene rings is 1. The largest absolute Gasteiger partial charge is 0.465 e. The summed E-state index contributed by atoms with van der Waals surface area (Å²) in [6.07, 6.45) is 7.30. The molecule has 2 aliphatic rings. The number of carboxylic acid groups (broad SMARTS) is 1. The molecule has 1 aliphatic heterocycles. The third kappa shape index (κ3) is 5.29. The van der Waals surface area contributed by atoms with E-state index in [0.717, 1.165) is 79.7 Å². The van der Waals surface area contributed by atoms with Gasteiger partial charge >= 0.3 is 6.09 Å². The lowest BCUT2D eigenvalue weighted by atomic mass is 9.86. The summed E-state index contributed by atoms with van der Waals surface area (Å²) in [5.41, 5.74) is 3.57. The molecule has 3 N–H and O–H groups in total. The minimum absolute atomic E-state index is 0.0335. The second-order valence-corrected chi connectivity index (χ2v) is 10.5. The van der Waals surface area contributed by atoms with Gasteiger partial charge in [-0.2, -0.15) is 0 Å². The van der Waals surface area contributed by atoms with Crippen LogP contribution in [0.4, 0.5) is 10.5 Å². The van der Waals surface area contributed by atoms with Gasteiger partial charge in [-0.1, -0.05) is 6.07 Å². The molecule has 1 aliphatic carbocycles. The van der Waals surface area contributed by atoms with Gasteiger partial charge in [0.15, 0.2) is 0 Å². The van der Waals surface area contributed by atoms with Crippen LogP contribution in [0.5, 0.6) is 0 Å². The Morgan fingerprint density at radius 3 is 2.65 bits per heavy atom. The predicted molar refractivity (Wildman–Crippen MR) is 143 cm³/mol. The van der Waals surface area contributed by atoms with Crippen LogP contribution in [0.1, 0.15) is 50.4 Å². The number of aliphatic hydroxyl groups excluding tert-OH is 1. The lowest BCUT2D eigenvalue weighted by molar-refractivity contribution is 0.175. The Balaban J connectivity index is 1.42. The number of rotatable bonds is 8. The van der Waals surface area contributed by atoms with Crippen molar-refractivity contribution in [3.63, 3.8) is 0 Å². The highest BCUT2D eigenvalue weighted by Crippen LogP contribution is 2.36. The summed E-state index contributed by atoms with van der Waals surface area (Å²) in [5, 5.41) is 23.0. The highest BCUT2D eigenvalue weighted by molar-refractivity contribution is 5.94. The van der Waals surface area contributed by atoms with Crippen molar-refractivity contribution in [1.29, 1.82) is 0 Å². The molecule has 2 aromatic heterocycles. The fourth-order valence-electron chi connectivity index (χ4n) is 6.00. The second-order valence-electron chi connectivity index (χ2n) is 10.5. The summed E-state index contributed by atoms with van der Waals surface area (Å²) in [5.74, 6) is 1.34.